The molecule has 5 rings (SSSR count). The van der Waals surface area contributed by atoms with Crippen LogP contribution in [-0.2, 0) is 17.8 Å². The van der Waals surface area contributed by atoms with E-state index < -0.39 is 0 Å². The fourth-order valence-corrected chi connectivity index (χ4v) is 5.97. The van der Waals surface area contributed by atoms with Gasteiger partial charge in [-0.3, -0.25) is 9.69 Å². The summed E-state index contributed by atoms with van der Waals surface area (Å²) in [5.74, 6) is 1.30. The van der Waals surface area contributed by atoms with Crippen molar-refractivity contribution < 1.29 is 9.53 Å². The van der Waals surface area contributed by atoms with Crippen LogP contribution in [0.5, 0.6) is 5.75 Å². The first kappa shape index (κ1) is 25.0. The monoisotopic (exact) mass is 509 g/mol. The molecule has 188 valence electrons. The number of amides is 1. The third-order valence-electron chi connectivity index (χ3n) is 6.94. The van der Waals surface area contributed by atoms with Gasteiger partial charge in [-0.25, -0.2) is 0 Å². The minimum Gasteiger partial charge on any atom is -0.489 e. The standard InChI is InChI=1S/C31H31N3O2S/c1-2-3-7-23-10-14-26(15-11-23)33-21-34-30(35)18-28(29(19-32)31(34)37-22-33)25-12-16-27(17-13-25)36-20-24-8-5-4-6-9-24/h4-6,8-17,28H,2-3,7,18,20-22H2,1H3. The number of hydrogen-bond donors (Lipinski definition) is 0. The Morgan fingerprint density at radius 2 is 1.76 bits per heavy atom. The summed E-state index contributed by atoms with van der Waals surface area (Å²) in [4.78, 5) is 17.2. The number of anilines is 1. The molecular formula is C31H31N3O2S. The van der Waals surface area contributed by atoms with Crippen LogP contribution in [0, 0.1) is 11.3 Å². The van der Waals surface area contributed by atoms with Gasteiger partial charge in [-0.05, 0) is 53.8 Å². The largest absolute Gasteiger partial charge is 0.489 e. The maximum absolute atomic E-state index is 13.3. The summed E-state index contributed by atoms with van der Waals surface area (Å²) in [6.07, 6.45) is 3.76. The molecule has 1 atom stereocenters. The number of allylic oxidation sites excluding steroid dienone is 1. The highest BCUT2D eigenvalue weighted by Gasteiger charge is 2.38. The molecule has 3 aromatic rings. The lowest BCUT2D eigenvalue weighted by atomic mass is 9.86. The highest BCUT2D eigenvalue weighted by Crippen LogP contribution is 2.43. The van der Waals surface area contributed by atoms with Crippen molar-refractivity contribution >= 4 is 23.4 Å². The molecule has 5 nitrogen and oxygen atoms in total. The van der Waals surface area contributed by atoms with Crippen molar-refractivity contribution in [3.8, 4) is 11.8 Å². The summed E-state index contributed by atoms with van der Waals surface area (Å²) < 4.78 is 5.91. The molecule has 6 heteroatoms. The number of unbranched alkanes of at least 4 members (excludes halogenated alkanes) is 1. The van der Waals surface area contributed by atoms with E-state index in [1.165, 1.54) is 18.4 Å². The Labute approximate surface area is 223 Å². The first-order chi connectivity index (χ1) is 18.2. The van der Waals surface area contributed by atoms with E-state index in [0.717, 1.165) is 34.0 Å². The van der Waals surface area contributed by atoms with E-state index in [1.54, 1.807) is 16.7 Å². The van der Waals surface area contributed by atoms with Gasteiger partial charge < -0.3 is 9.64 Å². The van der Waals surface area contributed by atoms with Crippen molar-refractivity contribution in [1.82, 2.24) is 4.90 Å². The second-order valence-corrected chi connectivity index (χ2v) is 10.4. The van der Waals surface area contributed by atoms with Crippen molar-refractivity contribution in [2.45, 2.75) is 45.1 Å². The Morgan fingerprint density at radius 3 is 2.46 bits per heavy atom. The van der Waals surface area contributed by atoms with Crippen molar-refractivity contribution in [2.75, 3.05) is 17.4 Å². The number of benzene rings is 3. The third kappa shape index (κ3) is 5.68. The lowest BCUT2D eigenvalue weighted by Gasteiger charge is -2.42. The van der Waals surface area contributed by atoms with Crippen LogP contribution >= 0.6 is 11.8 Å². The smallest absolute Gasteiger partial charge is 0.229 e. The molecule has 3 aromatic carbocycles. The molecule has 0 saturated carbocycles. The molecule has 0 aliphatic carbocycles. The number of aryl methyl sites for hydroxylation is 1. The summed E-state index contributed by atoms with van der Waals surface area (Å²) in [5, 5.41) is 10.9. The first-order valence-corrected chi connectivity index (χ1v) is 13.8. The van der Waals surface area contributed by atoms with E-state index in [0.29, 0.717) is 31.1 Å². The molecule has 1 unspecified atom stereocenters. The van der Waals surface area contributed by atoms with Crippen LogP contribution in [0.25, 0.3) is 0 Å². The Morgan fingerprint density at radius 1 is 1.00 bits per heavy atom. The summed E-state index contributed by atoms with van der Waals surface area (Å²) in [6.45, 7) is 3.18. The van der Waals surface area contributed by atoms with E-state index in [1.807, 2.05) is 54.6 Å². The van der Waals surface area contributed by atoms with Gasteiger partial charge in [0.05, 0.1) is 29.2 Å². The molecule has 0 aromatic heterocycles. The topological polar surface area (TPSA) is 56.6 Å². The number of nitriles is 1. The maximum Gasteiger partial charge on any atom is 0.229 e. The van der Waals surface area contributed by atoms with E-state index in [-0.39, 0.29) is 11.8 Å². The zero-order valence-electron chi connectivity index (χ0n) is 21.1. The van der Waals surface area contributed by atoms with Gasteiger partial charge in [0.25, 0.3) is 0 Å². The fourth-order valence-electron chi connectivity index (χ4n) is 4.80. The summed E-state index contributed by atoms with van der Waals surface area (Å²) in [7, 11) is 0. The molecule has 1 amide bonds. The number of hydrogen-bond acceptors (Lipinski definition) is 5. The average molecular weight is 510 g/mol. The zero-order valence-corrected chi connectivity index (χ0v) is 21.9. The number of fused-ring (bicyclic) bond motifs is 1. The molecule has 0 bridgehead atoms. The molecule has 1 fully saturated rings. The van der Waals surface area contributed by atoms with E-state index in [2.05, 4.69) is 42.2 Å². The van der Waals surface area contributed by atoms with Crippen molar-refractivity contribution in [3.63, 3.8) is 0 Å². The van der Waals surface area contributed by atoms with E-state index >= 15 is 0 Å². The average Bonchev–Trinajstić information content (AvgIpc) is 2.96. The number of ether oxygens (including phenoxy) is 1. The van der Waals surface area contributed by atoms with Gasteiger partial charge in [0.15, 0.2) is 0 Å². The van der Waals surface area contributed by atoms with Crippen LogP contribution in [0.2, 0.25) is 0 Å². The van der Waals surface area contributed by atoms with Crippen LogP contribution in [0.1, 0.15) is 48.8 Å². The Kier molecular flexibility index (Phi) is 7.82. The highest BCUT2D eigenvalue weighted by atomic mass is 32.2. The molecule has 0 spiro atoms. The molecule has 0 N–H and O–H groups in total. The molecular weight excluding hydrogens is 478 g/mol. The second kappa shape index (κ2) is 11.6. The molecule has 0 radical (unpaired) electrons. The quantitative estimate of drug-likeness (QED) is 0.333. The highest BCUT2D eigenvalue weighted by molar-refractivity contribution is 8.03. The normalized spacial score (nSPS) is 17.4. The van der Waals surface area contributed by atoms with Crippen LogP contribution in [-0.4, -0.2) is 23.4 Å². The van der Waals surface area contributed by atoms with Gasteiger partial charge in [-0.1, -0.05) is 79.7 Å². The summed E-state index contributed by atoms with van der Waals surface area (Å²) >= 11 is 1.58. The maximum atomic E-state index is 13.3. The van der Waals surface area contributed by atoms with Crippen LogP contribution in [0.3, 0.4) is 0 Å². The Bertz CT molecular complexity index is 1300. The van der Waals surface area contributed by atoms with Gasteiger partial charge >= 0.3 is 0 Å². The van der Waals surface area contributed by atoms with Crippen molar-refractivity contribution in [2.24, 2.45) is 0 Å². The molecule has 2 aliphatic heterocycles. The third-order valence-corrected chi connectivity index (χ3v) is 8.10. The minimum absolute atomic E-state index is 0.0557. The van der Waals surface area contributed by atoms with Crippen LogP contribution in [0.15, 0.2) is 89.5 Å². The number of carbonyl (C=O) groups is 1. The van der Waals surface area contributed by atoms with Gasteiger partial charge in [-0.15, -0.1) is 0 Å². The fraction of sp³-hybridized carbons (Fsp3) is 0.290. The second-order valence-electron chi connectivity index (χ2n) is 9.48. The summed E-state index contributed by atoms with van der Waals surface area (Å²) in [6, 6.07) is 28.9. The Hall–Kier alpha value is -3.69. The first-order valence-electron chi connectivity index (χ1n) is 12.8. The number of carbonyl (C=O) groups excluding carboxylic acids is 1. The Balaban J connectivity index is 1.29. The van der Waals surface area contributed by atoms with Crippen molar-refractivity contribution in [1.29, 1.82) is 5.26 Å². The van der Waals surface area contributed by atoms with Crippen molar-refractivity contribution in [3.05, 3.63) is 106 Å². The summed E-state index contributed by atoms with van der Waals surface area (Å²) in [5.41, 5.74) is 5.20. The zero-order chi connectivity index (χ0) is 25.6. The minimum atomic E-state index is -0.233. The SMILES string of the molecule is CCCCc1ccc(N2CSC3=C(C#N)C(c4ccc(OCc5ccccc5)cc4)CC(=O)N3C2)cc1. The van der Waals surface area contributed by atoms with E-state index in [4.69, 9.17) is 4.74 Å². The van der Waals surface area contributed by atoms with Gasteiger partial charge in [0.1, 0.15) is 12.4 Å². The van der Waals surface area contributed by atoms with Gasteiger partial charge in [0.2, 0.25) is 5.91 Å². The molecule has 2 aliphatic rings. The van der Waals surface area contributed by atoms with Crippen LogP contribution in [0.4, 0.5) is 5.69 Å². The number of thioether (sulfide) groups is 1. The van der Waals surface area contributed by atoms with Crippen LogP contribution < -0.4 is 9.64 Å². The van der Waals surface area contributed by atoms with Gasteiger partial charge in [-0.2, -0.15) is 5.26 Å². The predicted molar refractivity (Wildman–Crippen MR) is 149 cm³/mol. The lowest BCUT2D eigenvalue weighted by molar-refractivity contribution is -0.129. The predicted octanol–water partition coefficient (Wildman–Crippen LogP) is 6.83. The van der Waals surface area contributed by atoms with Gasteiger partial charge in [0, 0.05) is 18.0 Å². The molecule has 37 heavy (non-hydrogen) atoms. The lowest BCUT2D eigenvalue weighted by Crippen LogP contribution is -2.47. The molecule has 2 heterocycles. The number of nitrogens with zero attached hydrogens (tertiary/aromatic N) is 3. The van der Waals surface area contributed by atoms with E-state index in [9.17, 15) is 10.1 Å². The number of rotatable bonds is 8. The molecule has 1 saturated heterocycles.